The molecule has 6 nitrogen and oxygen atoms in total. The summed E-state index contributed by atoms with van der Waals surface area (Å²) >= 11 is 7.64. The SMILES string of the molecule is Cc1nc(N2CCN(c3ccc(F)c(Cl)c3)CC2)nc(=O)n1Cc1ccc(C(C)(C)C)s1. The summed E-state index contributed by atoms with van der Waals surface area (Å²) in [6.45, 7) is 11.6. The number of piperazine rings is 1. The molecule has 0 amide bonds. The Labute approximate surface area is 196 Å². The molecule has 0 unspecified atom stereocenters. The molecule has 1 aromatic carbocycles. The van der Waals surface area contributed by atoms with E-state index in [-0.39, 0.29) is 16.1 Å². The van der Waals surface area contributed by atoms with Crippen LogP contribution in [0.1, 0.15) is 36.3 Å². The lowest BCUT2D eigenvalue weighted by molar-refractivity contribution is 0.604. The Morgan fingerprint density at radius 2 is 1.75 bits per heavy atom. The van der Waals surface area contributed by atoms with Crippen molar-refractivity contribution in [2.45, 2.75) is 39.7 Å². The molecule has 0 N–H and O–H groups in total. The molecule has 170 valence electrons. The van der Waals surface area contributed by atoms with Crippen molar-refractivity contribution in [3.8, 4) is 0 Å². The fourth-order valence-corrected chi connectivity index (χ4v) is 4.94. The normalized spacial score (nSPS) is 14.8. The van der Waals surface area contributed by atoms with Gasteiger partial charge in [-0.2, -0.15) is 9.97 Å². The van der Waals surface area contributed by atoms with Crippen molar-refractivity contribution >= 4 is 34.6 Å². The average molecular weight is 476 g/mol. The summed E-state index contributed by atoms with van der Waals surface area (Å²) in [5.74, 6) is 0.691. The molecule has 4 rings (SSSR count). The van der Waals surface area contributed by atoms with Crippen LogP contribution in [0.4, 0.5) is 16.0 Å². The fourth-order valence-electron chi connectivity index (χ4n) is 3.71. The average Bonchev–Trinajstić information content (AvgIpc) is 3.22. The first kappa shape index (κ1) is 22.7. The highest BCUT2D eigenvalue weighted by atomic mass is 35.5. The molecular weight excluding hydrogens is 449 g/mol. The predicted molar refractivity (Wildman–Crippen MR) is 129 cm³/mol. The molecule has 3 heterocycles. The zero-order chi connectivity index (χ0) is 23.0. The third kappa shape index (κ3) is 4.81. The maximum absolute atomic E-state index is 13.4. The van der Waals surface area contributed by atoms with Gasteiger partial charge < -0.3 is 9.80 Å². The largest absolute Gasteiger partial charge is 0.368 e. The van der Waals surface area contributed by atoms with Crippen LogP contribution in [0, 0.1) is 12.7 Å². The molecule has 2 aromatic heterocycles. The quantitative estimate of drug-likeness (QED) is 0.557. The molecule has 0 bridgehead atoms. The van der Waals surface area contributed by atoms with Crippen LogP contribution in [0.3, 0.4) is 0 Å². The van der Waals surface area contributed by atoms with Crippen molar-refractivity contribution in [1.82, 2.24) is 14.5 Å². The summed E-state index contributed by atoms with van der Waals surface area (Å²) in [4.78, 5) is 28.2. The van der Waals surface area contributed by atoms with E-state index >= 15 is 0 Å². The molecule has 9 heteroatoms. The first-order chi connectivity index (χ1) is 15.1. The van der Waals surface area contributed by atoms with Gasteiger partial charge in [-0.15, -0.1) is 11.3 Å². The van der Waals surface area contributed by atoms with E-state index in [1.54, 1.807) is 28.0 Å². The smallest absolute Gasteiger partial charge is 0.352 e. The zero-order valence-corrected chi connectivity index (χ0v) is 20.3. The van der Waals surface area contributed by atoms with Crippen LogP contribution in [-0.2, 0) is 12.0 Å². The molecule has 3 aromatic rings. The lowest BCUT2D eigenvalue weighted by Gasteiger charge is -2.36. The topological polar surface area (TPSA) is 54.3 Å². The van der Waals surface area contributed by atoms with Crippen molar-refractivity contribution in [2.24, 2.45) is 0 Å². The van der Waals surface area contributed by atoms with Gasteiger partial charge in [-0.3, -0.25) is 4.57 Å². The number of benzene rings is 1. The number of hydrogen-bond acceptors (Lipinski definition) is 6. The standard InChI is InChI=1S/C23H27ClFN5OS/c1-15-26-21(27-22(31)30(15)14-17-6-8-20(32-17)23(2,3)4)29-11-9-28(10-12-29)16-5-7-19(25)18(24)13-16/h5-8,13H,9-12,14H2,1-4H3. The second kappa shape index (κ2) is 8.83. The van der Waals surface area contributed by atoms with Gasteiger partial charge in [0.15, 0.2) is 0 Å². The Balaban J connectivity index is 1.46. The number of halogens is 2. The maximum Gasteiger partial charge on any atom is 0.352 e. The minimum atomic E-state index is -0.421. The van der Waals surface area contributed by atoms with Crippen LogP contribution in [-0.4, -0.2) is 40.7 Å². The first-order valence-corrected chi connectivity index (χ1v) is 11.8. The molecule has 1 saturated heterocycles. The molecule has 1 aliphatic heterocycles. The van der Waals surface area contributed by atoms with E-state index in [0.29, 0.717) is 44.5 Å². The van der Waals surface area contributed by atoms with Crippen LogP contribution >= 0.6 is 22.9 Å². The highest BCUT2D eigenvalue weighted by Gasteiger charge is 2.22. The van der Waals surface area contributed by atoms with Gasteiger partial charge in [0, 0.05) is 41.6 Å². The predicted octanol–water partition coefficient (Wildman–Crippen LogP) is 4.47. The van der Waals surface area contributed by atoms with Gasteiger partial charge in [0.2, 0.25) is 5.95 Å². The van der Waals surface area contributed by atoms with Crippen LogP contribution in [0.5, 0.6) is 0 Å². The summed E-state index contributed by atoms with van der Waals surface area (Å²) in [6.07, 6.45) is 0. The Morgan fingerprint density at radius 3 is 2.34 bits per heavy atom. The van der Waals surface area contributed by atoms with Gasteiger partial charge in [0.25, 0.3) is 0 Å². The summed E-state index contributed by atoms with van der Waals surface area (Å²) in [7, 11) is 0. The van der Waals surface area contributed by atoms with Gasteiger partial charge in [-0.1, -0.05) is 32.4 Å². The van der Waals surface area contributed by atoms with Gasteiger partial charge >= 0.3 is 5.69 Å². The number of nitrogens with zero attached hydrogens (tertiary/aromatic N) is 5. The fraction of sp³-hybridized carbons (Fsp3) is 0.435. The summed E-state index contributed by atoms with van der Waals surface area (Å²) < 4.78 is 15.1. The number of rotatable bonds is 4. The van der Waals surface area contributed by atoms with Crippen LogP contribution in [0.15, 0.2) is 35.1 Å². The summed E-state index contributed by atoms with van der Waals surface area (Å²) in [5, 5.41) is 0.118. The van der Waals surface area contributed by atoms with E-state index in [4.69, 9.17) is 11.6 Å². The molecule has 1 aliphatic rings. The minimum absolute atomic E-state index is 0.0880. The summed E-state index contributed by atoms with van der Waals surface area (Å²) in [5.41, 5.74) is 0.685. The lowest BCUT2D eigenvalue weighted by atomic mass is 9.95. The second-order valence-electron chi connectivity index (χ2n) is 9.03. The highest BCUT2D eigenvalue weighted by Crippen LogP contribution is 2.30. The summed E-state index contributed by atoms with van der Waals surface area (Å²) in [6, 6.07) is 8.96. The molecular formula is C23H27ClFN5OS. The third-order valence-electron chi connectivity index (χ3n) is 5.62. The van der Waals surface area contributed by atoms with Gasteiger partial charge in [0.1, 0.15) is 11.6 Å². The van der Waals surface area contributed by atoms with Crippen molar-refractivity contribution in [1.29, 1.82) is 0 Å². The second-order valence-corrected chi connectivity index (χ2v) is 10.6. The van der Waals surface area contributed by atoms with Crippen molar-refractivity contribution < 1.29 is 4.39 Å². The molecule has 0 spiro atoms. The van der Waals surface area contributed by atoms with E-state index in [1.807, 2.05) is 11.8 Å². The Hall–Kier alpha value is -2.45. The van der Waals surface area contributed by atoms with E-state index in [0.717, 1.165) is 10.6 Å². The van der Waals surface area contributed by atoms with Crippen molar-refractivity contribution in [3.05, 3.63) is 67.2 Å². The number of hydrogen-bond donors (Lipinski definition) is 0. The van der Waals surface area contributed by atoms with E-state index in [9.17, 15) is 9.18 Å². The highest BCUT2D eigenvalue weighted by molar-refractivity contribution is 7.12. The van der Waals surface area contributed by atoms with Crippen molar-refractivity contribution in [2.75, 3.05) is 36.0 Å². The number of aromatic nitrogens is 3. The van der Waals surface area contributed by atoms with Gasteiger partial charge in [0.05, 0.1) is 11.6 Å². The number of aryl methyl sites for hydroxylation is 1. The van der Waals surface area contributed by atoms with Gasteiger partial charge in [-0.05, 0) is 42.7 Å². The third-order valence-corrected chi connectivity index (χ3v) is 7.41. The van der Waals surface area contributed by atoms with Crippen LogP contribution < -0.4 is 15.5 Å². The molecule has 1 fully saturated rings. The van der Waals surface area contributed by atoms with Crippen LogP contribution in [0.25, 0.3) is 0 Å². The van der Waals surface area contributed by atoms with Crippen molar-refractivity contribution in [3.63, 3.8) is 0 Å². The van der Waals surface area contributed by atoms with Crippen LogP contribution in [0.2, 0.25) is 5.02 Å². The Kier molecular flexibility index (Phi) is 6.27. The maximum atomic E-state index is 13.4. The monoisotopic (exact) mass is 475 g/mol. The molecule has 32 heavy (non-hydrogen) atoms. The minimum Gasteiger partial charge on any atom is -0.368 e. The van der Waals surface area contributed by atoms with Gasteiger partial charge in [-0.25, -0.2) is 9.18 Å². The molecule has 0 atom stereocenters. The Morgan fingerprint density at radius 1 is 1.06 bits per heavy atom. The Bertz CT molecular complexity index is 1180. The van der Waals surface area contributed by atoms with E-state index in [2.05, 4.69) is 47.8 Å². The first-order valence-electron chi connectivity index (χ1n) is 10.6. The zero-order valence-electron chi connectivity index (χ0n) is 18.7. The molecule has 0 radical (unpaired) electrons. The van der Waals surface area contributed by atoms with E-state index in [1.165, 1.54) is 10.9 Å². The molecule has 0 saturated carbocycles. The van der Waals surface area contributed by atoms with E-state index < -0.39 is 5.82 Å². The lowest BCUT2D eigenvalue weighted by Crippen LogP contribution is -2.48. The number of anilines is 2. The number of thiophene rings is 1. The molecule has 0 aliphatic carbocycles.